The molecular formula is C31H31N3O. The largest absolute Gasteiger partial charge is 0.368 e. The summed E-state index contributed by atoms with van der Waals surface area (Å²) in [5.41, 5.74) is 7.08. The third-order valence-corrected chi connectivity index (χ3v) is 7.46. The van der Waals surface area contributed by atoms with Crippen molar-refractivity contribution in [1.29, 1.82) is 0 Å². The molecule has 4 heteroatoms. The Labute approximate surface area is 207 Å². The molecule has 4 nitrogen and oxygen atoms in total. The van der Waals surface area contributed by atoms with E-state index in [0.29, 0.717) is 0 Å². The molecule has 2 aliphatic rings. The Bertz CT molecular complexity index is 1370. The van der Waals surface area contributed by atoms with Gasteiger partial charge in [-0.1, -0.05) is 66.7 Å². The van der Waals surface area contributed by atoms with Gasteiger partial charge in [0.05, 0.1) is 0 Å². The lowest BCUT2D eigenvalue weighted by Crippen LogP contribution is -2.46. The van der Waals surface area contributed by atoms with Crippen molar-refractivity contribution in [2.75, 3.05) is 44.2 Å². The minimum Gasteiger partial charge on any atom is -0.368 e. The number of hydrogen-bond acceptors (Lipinski definition) is 3. The van der Waals surface area contributed by atoms with Crippen LogP contribution in [0.15, 0.2) is 84.9 Å². The molecule has 0 spiro atoms. The zero-order valence-electron chi connectivity index (χ0n) is 20.0. The van der Waals surface area contributed by atoms with Gasteiger partial charge >= 0.3 is 0 Å². The average Bonchev–Trinajstić information content (AvgIpc) is 2.91. The highest BCUT2D eigenvalue weighted by Crippen LogP contribution is 2.46. The number of anilines is 1. The Morgan fingerprint density at radius 2 is 1.43 bits per heavy atom. The topological polar surface area (TPSA) is 35.6 Å². The van der Waals surface area contributed by atoms with Crippen LogP contribution in [0, 0.1) is 0 Å². The highest BCUT2D eigenvalue weighted by molar-refractivity contribution is 6.05. The summed E-state index contributed by atoms with van der Waals surface area (Å²) in [5.74, 6) is 0.0286. The van der Waals surface area contributed by atoms with E-state index in [-0.39, 0.29) is 5.91 Å². The van der Waals surface area contributed by atoms with Gasteiger partial charge in [-0.05, 0) is 65.2 Å². The third kappa shape index (κ3) is 4.30. The molecule has 1 amide bonds. The number of carbonyl (C=O) groups excluding carboxylic acids is 1. The summed E-state index contributed by atoms with van der Waals surface area (Å²) < 4.78 is 0. The van der Waals surface area contributed by atoms with Gasteiger partial charge in [0.25, 0.3) is 5.91 Å². The molecule has 0 unspecified atom stereocenters. The first kappa shape index (κ1) is 21.9. The molecule has 0 aromatic heterocycles. The molecule has 0 atom stereocenters. The Kier molecular flexibility index (Phi) is 5.97. The average molecular weight is 462 g/mol. The monoisotopic (exact) mass is 461 g/mol. The number of amides is 1. The second-order valence-corrected chi connectivity index (χ2v) is 9.60. The maximum Gasteiger partial charge on any atom is 0.251 e. The number of hydrogen-bond donors (Lipinski definition) is 1. The molecule has 6 rings (SSSR count). The molecule has 1 saturated heterocycles. The molecule has 0 saturated carbocycles. The van der Waals surface area contributed by atoms with Crippen LogP contribution in [0.4, 0.5) is 5.69 Å². The predicted molar refractivity (Wildman–Crippen MR) is 145 cm³/mol. The first-order valence-electron chi connectivity index (χ1n) is 12.7. The number of rotatable bonds is 7. The minimum atomic E-state index is 0.0286. The van der Waals surface area contributed by atoms with Crippen molar-refractivity contribution < 1.29 is 4.79 Å². The van der Waals surface area contributed by atoms with Crippen molar-refractivity contribution in [3.05, 3.63) is 90.5 Å². The Morgan fingerprint density at radius 3 is 2.29 bits per heavy atom. The maximum absolute atomic E-state index is 12.6. The van der Waals surface area contributed by atoms with Crippen LogP contribution in [0.2, 0.25) is 0 Å². The highest BCUT2D eigenvalue weighted by atomic mass is 16.1. The molecule has 1 fully saturated rings. The second kappa shape index (κ2) is 9.55. The third-order valence-electron chi connectivity index (χ3n) is 7.46. The molecule has 4 aromatic carbocycles. The van der Waals surface area contributed by atoms with Crippen LogP contribution >= 0.6 is 0 Å². The van der Waals surface area contributed by atoms with Gasteiger partial charge in [-0.2, -0.15) is 0 Å². The van der Waals surface area contributed by atoms with E-state index in [1.165, 1.54) is 38.7 Å². The minimum absolute atomic E-state index is 0.0286. The highest BCUT2D eigenvalue weighted by Gasteiger charge is 2.23. The fourth-order valence-electron chi connectivity index (χ4n) is 5.49. The molecule has 1 aliphatic carbocycles. The fourth-order valence-corrected chi connectivity index (χ4v) is 5.49. The lowest BCUT2D eigenvalue weighted by Gasteiger charge is -2.36. The van der Waals surface area contributed by atoms with E-state index in [1.54, 1.807) is 0 Å². The summed E-state index contributed by atoms with van der Waals surface area (Å²) in [6.45, 7) is 6.12. The first-order chi connectivity index (χ1) is 17.3. The zero-order chi connectivity index (χ0) is 23.6. The predicted octanol–water partition coefficient (Wildman–Crippen LogP) is 5.82. The number of piperazine rings is 1. The summed E-state index contributed by atoms with van der Waals surface area (Å²) in [5, 5.41) is 5.76. The van der Waals surface area contributed by atoms with E-state index < -0.39 is 0 Å². The quantitative estimate of drug-likeness (QED) is 0.310. The van der Waals surface area contributed by atoms with E-state index in [2.05, 4.69) is 87.9 Å². The van der Waals surface area contributed by atoms with Gasteiger partial charge in [0.15, 0.2) is 0 Å². The number of benzene rings is 4. The summed E-state index contributed by atoms with van der Waals surface area (Å²) >= 11 is 0. The Morgan fingerprint density at radius 1 is 0.714 bits per heavy atom. The van der Waals surface area contributed by atoms with E-state index in [4.69, 9.17) is 0 Å². The van der Waals surface area contributed by atoms with Crippen LogP contribution in [0.3, 0.4) is 0 Å². The number of carbonyl (C=O) groups is 1. The summed E-state index contributed by atoms with van der Waals surface area (Å²) in [6, 6.07) is 29.7. The molecule has 0 radical (unpaired) electrons. The van der Waals surface area contributed by atoms with Crippen LogP contribution in [0.5, 0.6) is 0 Å². The second-order valence-electron chi connectivity index (χ2n) is 9.60. The smallest absolute Gasteiger partial charge is 0.251 e. The van der Waals surface area contributed by atoms with Crippen LogP contribution in [0.1, 0.15) is 23.2 Å². The van der Waals surface area contributed by atoms with Crippen molar-refractivity contribution in [3.8, 4) is 22.3 Å². The van der Waals surface area contributed by atoms with Gasteiger partial charge in [0.1, 0.15) is 0 Å². The van der Waals surface area contributed by atoms with Crippen LogP contribution in [-0.2, 0) is 0 Å². The van der Waals surface area contributed by atoms with Gasteiger partial charge in [-0.25, -0.2) is 0 Å². The first-order valence-corrected chi connectivity index (χ1v) is 12.7. The lowest BCUT2D eigenvalue weighted by molar-refractivity contribution is 0.0952. The van der Waals surface area contributed by atoms with Crippen molar-refractivity contribution >= 4 is 22.4 Å². The van der Waals surface area contributed by atoms with Crippen molar-refractivity contribution in [2.45, 2.75) is 12.8 Å². The SMILES string of the molecule is O=C(NCCCCN1CCN(c2cccc3ccccc23)CC1)c1ccc2c(c1)-c1ccccc1-2. The molecule has 0 bridgehead atoms. The van der Waals surface area contributed by atoms with Gasteiger partial charge in [0.2, 0.25) is 0 Å². The molecule has 1 heterocycles. The maximum atomic E-state index is 12.6. The van der Waals surface area contributed by atoms with Crippen molar-refractivity contribution in [1.82, 2.24) is 10.2 Å². The zero-order valence-corrected chi connectivity index (χ0v) is 20.0. The van der Waals surface area contributed by atoms with Crippen LogP contribution in [0.25, 0.3) is 33.0 Å². The van der Waals surface area contributed by atoms with Gasteiger partial charge in [-0.15, -0.1) is 0 Å². The van der Waals surface area contributed by atoms with Gasteiger partial charge in [0, 0.05) is 49.4 Å². The Hall–Kier alpha value is -3.63. The summed E-state index contributed by atoms with van der Waals surface area (Å²) in [7, 11) is 0. The van der Waals surface area contributed by atoms with E-state index in [9.17, 15) is 4.79 Å². The lowest BCUT2D eigenvalue weighted by atomic mass is 9.80. The standard InChI is InChI=1S/C31H31N3O/c35-31(24-14-15-28-26-11-3-4-12-27(26)29(28)22-24)32-16-5-6-17-33-18-20-34(21-19-33)30-13-7-9-23-8-1-2-10-25(23)30/h1-4,7-15,22H,5-6,16-21H2,(H,32,35). The summed E-state index contributed by atoms with van der Waals surface area (Å²) in [4.78, 5) is 17.7. The molecular weight excluding hydrogens is 430 g/mol. The van der Waals surface area contributed by atoms with E-state index in [1.807, 2.05) is 12.1 Å². The van der Waals surface area contributed by atoms with E-state index in [0.717, 1.165) is 57.7 Å². The van der Waals surface area contributed by atoms with Gasteiger partial charge in [-0.3, -0.25) is 9.69 Å². The molecule has 176 valence electrons. The van der Waals surface area contributed by atoms with Crippen LogP contribution < -0.4 is 10.2 Å². The normalized spacial score (nSPS) is 14.8. The molecule has 35 heavy (non-hydrogen) atoms. The van der Waals surface area contributed by atoms with Gasteiger partial charge < -0.3 is 10.2 Å². The number of unbranched alkanes of at least 4 members (excludes halogenated alkanes) is 1. The Balaban J connectivity index is 0.937. The van der Waals surface area contributed by atoms with Crippen molar-refractivity contribution in [2.24, 2.45) is 0 Å². The molecule has 1 N–H and O–H groups in total. The van der Waals surface area contributed by atoms with Crippen molar-refractivity contribution in [3.63, 3.8) is 0 Å². The molecule has 1 aliphatic heterocycles. The van der Waals surface area contributed by atoms with Crippen LogP contribution in [-0.4, -0.2) is 50.1 Å². The summed E-state index contributed by atoms with van der Waals surface area (Å²) in [6.07, 6.45) is 2.11. The fraction of sp³-hybridized carbons (Fsp3) is 0.258. The number of fused-ring (bicyclic) bond motifs is 5. The van der Waals surface area contributed by atoms with E-state index >= 15 is 0 Å². The number of nitrogens with one attached hydrogen (secondary N) is 1. The molecule has 4 aromatic rings. The number of nitrogens with zero attached hydrogens (tertiary/aromatic N) is 2.